The summed E-state index contributed by atoms with van der Waals surface area (Å²) in [4.78, 5) is 54.7. The highest BCUT2D eigenvalue weighted by Gasteiger charge is 2.26. The molecule has 2 rings (SSSR count). The number of aliphatic imine (C=N–C) groups is 1. The first-order chi connectivity index (χ1) is 18.4. The Morgan fingerprint density at radius 3 is 2.38 bits per heavy atom. The number of alkyl carbamates (subject to hydrolysis) is 1. The van der Waals surface area contributed by atoms with Crippen molar-refractivity contribution < 1.29 is 38.1 Å². The second kappa shape index (κ2) is 15.5. The standard InChI is InChI=1S/C26H39N5O8/c1-26(2,3)39-25(35)30-20(5-4-12-29-24(27)28)23(34)38-19-9-6-18(7-10-19)8-11-22(33)37-17-21(32)31-13-15-36-16-14-31/h6-7,9-10,20H,4-5,8,11-17H2,1-3H3,(H,30,35)(H4,27,28,29)/t20-/m0/s1. The van der Waals surface area contributed by atoms with Gasteiger partial charge in [-0.3, -0.25) is 14.6 Å². The fourth-order valence-electron chi connectivity index (χ4n) is 3.48. The number of nitrogens with zero attached hydrogens (tertiary/aromatic N) is 2. The first-order valence-corrected chi connectivity index (χ1v) is 12.8. The van der Waals surface area contributed by atoms with Gasteiger partial charge in [-0.05, 0) is 57.7 Å². The lowest BCUT2D eigenvalue weighted by Crippen LogP contribution is -2.45. The van der Waals surface area contributed by atoms with E-state index < -0.39 is 29.7 Å². The molecule has 1 atom stereocenters. The summed E-state index contributed by atoms with van der Waals surface area (Å²) in [5, 5.41) is 2.54. The molecule has 1 aromatic rings. The number of rotatable bonds is 12. The second-order valence-corrected chi connectivity index (χ2v) is 9.87. The maximum absolute atomic E-state index is 12.8. The van der Waals surface area contributed by atoms with Crippen LogP contribution in [0, 0.1) is 0 Å². The van der Waals surface area contributed by atoms with Crippen LogP contribution in [0.1, 0.15) is 45.6 Å². The largest absolute Gasteiger partial charge is 0.456 e. The average molecular weight is 550 g/mol. The number of hydrogen-bond donors (Lipinski definition) is 3. The maximum Gasteiger partial charge on any atom is 0.408 e. The summed E-state index contributed by atoms with van der Waals surface area (Å²) in [5.41, 5.74) is 10.7. The molecule has 1 aliphatic rings. The highest BCUT2D eigenvalue weighted by molar-refractivity contribution is 5.83. The topological polar surface area (TPSA) is 185 Å². The third-order valence-electron chi connectivity index (χ3n) is 5.40. The van der Waals surface area contributed by atoms with Gasteiger partial charge >= 0.3 is 18.0 Å². The Labute approximate surface area is 228 Å². The lowest BCUT2D eigenvalue weighted by atomic mass is 10.1. The van der Waals surface area contributed by atoms with Crippen LogP contribution in [0.25, 0.3) is 0 Å². The summed E-state index contributed by atoms with van der Waals surface area (Å²) in [6.07, 6.45) is 0.365. The minimum atomic E-state index is -0.983. The van der Waals surface area contributed by atoms with Crippen molar-refractivity contribution in [2.75, 3.05) is 39.5 Å². The highest BCUT2D eigenvalue weighted by Crippen LogP contribution is 2.16. The molecule has 5 N–H and O–H groups in total. The van der Waals surface area contributed by atoms with Gasteiger partial charge in [0.15, 0.2) is 12.6 Å². The van der Waals surface area contributed by atoms with Gasteiger partial charge in [-0.25, -0.2) is 9.59 Å². The van der Waals surface area contributed by atoms with Crippen molar-refractivity contribution in [3.8, 4) is 5.75 Å². The van der Waals surface area contributed by atoms with Crippen molar-refractivity contribution in [3.63, 3.8) is 0 Å². The monoisotopic (exact) mass is 549 g/mol. The van der Waals surface area contributed by atoms with Crippen molar-refractivity contribution in [2.45, 2.75) is 58.1 Å². The Morgan fingerprint density at radius 2 is 1.77 bits per heavy atom. The fraction of sp³-hybridized carbons (Fsp3) is 0.577. The summed E-state index contributed by atoms with van der Waals surface area (Å²) in [7, 11) is 0. The van der Waals surface area contributed by atoms with Crippen LogP contribution in [0.15, 0.2) is 29.3 Å². The van der Waals surface area contributed by atoms with E-state index in [0.717, 1.165) is 5.56 Å². The van der Waals surface area contributed by atoms with Gasteiger partial charge in [0.1, 0.15) is 17.4 Å². The number of nitrogens with two attached hydrogens (primary N) is 2. The van der Waals surface area contributed by atoms with Crippen LogP contribution in [0.3, 0.4) is 0 Å². The molecule has 1 aliphatic heterocycles. The number of amides is 2. The maximum atomic E-state index is 12.8. The van der Waals surface area contributed by atoms with Crippen LogP contribution >= 0.6 is 0 Å². The lowest BCUT2D eigenvalue weighted by molar-refractivity contribution is -0.153. The van der Waals surface area contributed by atoms with E-state index in [9.17, 15) is 19.2 Å². The molecule has 1 aromatic carbocycles. The third kappa shape index (κ3) is 13.0. The van der Waals surface area contributed by atoms with Crippen LogP contribution < -0.4 is 21.5 Å². The first kappa shape index (κ1) is 31.3. The first-order valence-electron chi connectivity index (χ1n) is 12.8. The smallest absolute Gasteiger partial charge is 0.408 e. The highest BCUT2D eigenvalue weighted by atomic mass is 16.6. The predicted octanol–water partition coefficient (Wildman–Crippen LogP) is 0.874. The summed E-state index contributed by atoms with van der Waals surface area (Å²) >= 11 is 0. The molecule has 0 bridgehead atoms. The van der Waals surface area contributed by atoms with Crippen LogP contribution in [0.2, 0.25) is 0 Å². The number of morpholine rings is 1. The minimum absolute atomic E-state index is 0.0657. The molecule has 0 radical (unpaired) electrons. The molecule has 0 aromatic heterocycles. The predicted molar refractivity (Wildman–Crippen MR) is 142 cm³/mol. The molecular weight excluding hydrogens is 510 g/mol. The van der Waals surface area contributed by atoms with E-state index >= 15 is 0 Å². The molecule has 1 fully saturated rings. The van der Waals surface area contributed by atoms with Gasteiger partial charge in [0, 0.05) is 26.1 Å². The molecule has 0 unspecified atom stereocenters. The average Bonchev–Trinajstić information content (AvgIpc) is 2.87. The van der Waals surface area contributed by atoms with Gasteiger partial charge < -0.3 is 40.6 Å². The molecular formula is C26H39N5O8. The third-order valence-corrected chi connectivity index (χ3v) is 5.40. The minimum Gasteiger partial charge on any atom is -0.456 e. The number of carbonyl (C=O) groups is 4. The van der Waals surface area contributed by atoms with Crippen molar-refractivity contribution in [1.29, 1.82) is 0 Å². The zero-order valence-electron chi connectivity index (χ0n) is 22.8. The quantitative estimate of drug-likeness (QED) is 0.111. The molecule has 0 aliphatic carbocycles. The van der Waals surface area contributed by atoms with Crippen molar-refractivity contribution in [1.82, 2.24) is 10.2 Å². The van der Waals surface area contributed by atoms with Crippen molar-refractivity contribution in [3.05, 3.63) is 29.8 Å². The molecule has 1 saturated heterocycles. The zero-order chi connectivity index (χ0) is 28.8. The van der Waals surface area contributed by atoms with Gasteiger partial charge in [0.25, 0.3) is 5.91 Å². The number of esters is 2. The van der Waals surface area contributed by atoms with E-state index in [-0.39, 0.29) is 43.6 Å². The Kier molecular flexibility index (Phi) is 12.5. The lowest BCUT2D eigenvalue weighted by Gasteiger charge is -2.26. The molecule has 0 spiro atoms. The van der Waals surface area contributed by atoms with E-state index in [1.165, 1.54) is 0 Å². The summed E-state index contributed by atoms with van der Waals surface area (Å²) in [5.74, 6) is -1.20. The van der Waals surface area contributed by atoms with Gasteiger partial charge in [-0.2, -0.15) is 0 Å². The SMILES string of the molecule is CC(C)(C)OC(=O)N[C@@H](CCCN=C(N)N)C(=O)Oc1ccc(CCC(=O)OCC(=O)N2CCOCC2)cc1. The summed E-state index contributed by atoms with van der Waals surface area (Å²) < 4.78 is 21.0. The van der Waals surface area contributed by atoms with Gasteiger partial charge in [0.2, 0.25) is 0 Å². The van der Waals surface area contributed by atoms with E-state index in [4.69, 9.17) is 30.4 Å². The molecule has 39 heavy (non-hydrogen) atoms. The van der Waals surface area contributed by atoms with E-state index in [1.807, 2.05) is 0 Å². The van der Waals surface area contributed by atoms with Crippen molar-refractivity contribution >= 4 is 29.9 Å². The van der Waals surface area contributed by atoms with Crippen LogP contribution in [0.4, 0.5) is 4.79 Å². The molecule has 0 saturated carbocycles. The van der Waals surface area contributed by atoms with Crippen LogP contribution in [0.5, 0.6) is 5.75 Å². The van der Waals surface area contributed by atoms with Gasteiger partial charge in [0.05, 0.1) is 13.2 Å². The van der Waals surface area contributed by atoms with E-state index in [2.05, 4.69) is 10.3 Å². The summed E-state index contributed by atoms with van der Waals surface area (Å²) in [6, 6.07) is 5.62. The zero-order valence-corrected chi connectivity index (χ0v) is 22.8. The van der Waals surface area contributed by atoms with Crippen molar-refractivity contribution in [2.24, 2.45) is 16.5 Å². The number of nitrogens with one attached hydrogen (secondary N) is 1. The number of hydrogen-bond acceptors (Lipinski definition) is 9. The molecule has 1 heterocycles. The van der Waals surface area contributed by atoms with E-state index in [1.54, 1.807) is 49.9 Å². The number of guanidine groups is 1. The number of benzene rings is 1. The Morgan fingerprint density at radius 1 is 1.10 bits per heavy atom. The molecule has 13 nitrogen and oxygen atoms in total. The number of aryl methyl sites for hydroxylation is 1. The number of carbonyl (C=O) groups excluding carboxylic acids is 4. The Balaban J connectivity index is 1.84. The van der Waals surface area contributed by atoms with Gasteiger partial charge in [-0.15, -0.1) is 0 Å². The summed E-state index contributed by atoms with van der Waals surface area (Å²) in [6.45, 7) is 7.06. The Bertz CT molecular complexity index is 997. The fourth-order valence-corrected chi connectivity index (χ4v) is 3.48. The van der Waals surface area contributed by atoms with Gasteiger partial charge in [-0.1, -0.05) is 12.1 Å². The normalized spacial score (nSPS) is 14.1. The second-order valence-electron chi connectivity index (χ2n) is 9.87. The molecule has 216 valence electrons. The van der Waals surface area contributed by atoms with Crippen LogP contribution in [-0.4, -0.2) is 85.9 Å². The number of ether oxygens (including phenoxy) is 4. The Hall–Kier alpha value is -3.87. The van der Waals surface area contributed by atoms with Crippen LogP contribution in [-0.2, 0) is 35.0 Å². The van der Waals surface area contributed by atoms with E-state index in [0.29, 0.717) is 39.1 Å². The molecule has 2 amide bonds. The molecule has 13 heteroatoms.